The summed E-state index contributed by atoms with van der Waals surface area (Å²) in [7, 11) is -3.46. The Bertz CT molecular complexity index is 650. The van der Waals surface area contributed by atoms with Crippen molar-refractivity contribution in [2.45, 2.75) is 4.90 Å². The van der Waals surface area contributed by atoms with Crippen molar-refractivity contribution in [3.63, 3.8) is 0 Å². The van der Waals surface area contributed by atoms with Crippen LogP contribution in [0.15, 0.2) is 47.4 Å². The standard InChI is InChI=1S/C12H11NO3S/c14-8-13-9-17(15,16)12-6-5-10-3-1-2-4-11(10)7-12/h1-8H,9H2,(H,13,14). The second kappa shape index (κ2) is 4.55. The van der Waals surface area contributed by atoms with Crippen LogP contribution in [0.5, 0.6) is 0 Å². The third-order valence-electron chi connectivity index (χ3n) is 2.44. The Morgan fingerprint density at radius 2 is 1.76 bits per heavy atom. The summed E-state index contributed by atoms with van der Waals surface area (Å²) in [6, 6.07) is 12.4. The molecule has 0 aliphatic carbocycles. The van der Waals surface area contributed by atoms with Gasteiger partial charge in [0, 0.05) is 0 Å². The Labute approximate surface area is 99.2 Å². The van der Waals surface area contributed by atoms with Crippen molar-refractivity contribution < 1.29 is 13.2 Å². The van der Waals surface area contributed by atoms with Gasteiger partial charge in [-0.25, -0.2) is 8.42 Å². The maximum atomic E-state index is 11.8. The Morgan fingerprint density at radius 1 is 1.06 bits per heavy atom. The van der Waals surface area contributed by atoms with Gasteiger partial charge in [-0.2, -0.15) is 0 Å². The zero-order chi connectivity index (χ0) is 12.3. The lowest BCUT2D eigenvalue weighted by Gasteiger charge is -2.05. The smallest absolute Gasteiger partial charge is 0.207 e. The first-order valence-corrected chi connectivity index (χ1v) is 6.67. The zero-order valence-corrected chi connectivity index (χ0v) is 9.78. The summed E-state index contributed by atoms with van der Waals surface area (Å²) in [6.07, 6.45) is 0.374. The lowest BCUT2D eigenvalue weighted by Crippen LogP contribution is -2.21. The molecule has 0 saturated heterocycles. The molecule has 0 aliphatic rings. The molecule has 17 heavy (non-hydrogen) atoms. The van der Waals surface area contributed by atoms with Gasteiger partial charge < -0.3 is 5.32 Å². The van der Waals surface area contributed by atoms with Gasteiger partial charge in [0.25, 0.3) is 0 Å². The highest BCUT2D eigenvalue weighted by Gasteiger charge is 2.13. The molecule has 0 atom stereocenters. The van der Waals surface area contributed by atoms with E-state index in [0.29, 0.717) is 6.41 Å². The molecule has 2 rings (SSSR count). The van der Waals surface area contributed by atoms with Crippen molar-refractivity contribution in [1.82, 2.24) is 5.32 Å². The molecule has 0 aromatic heterocycles. The quantitative estimate of drug-likeness (QED) is 0.831. The van der Waals surface area contributed by atoms with E-state index in [2.05, 4.69) is 5.32 Å². The summed E-state index contributed by atoms with van der Waals surface area (Å²) in [5.74, 6) is -0.380. The number of hydrogen-bond donors (Lipinski definition) is 1. The largest absolute Gasteiger partial charge is 0.344 e. The number of carbonyl (C=O) groups is 1. The molecule has 0 spiro atoms. The predicted molar refractivity (Wildman–Crippen MR) is 65.2 cm³/mol. The summed E-state index contributed by atoms with van der Waals surface area (Å²) in [6.45, 7) is 0. The summed E-state index contributed by atoms with van der Waals surface area (Å²) < 4.78 is 23.6. The molecule has 2 aromatic carbocycles. The summed E-state index contributed by atoms with van der Waals surface area (Å²) >= 11 is 0. The fourth-order valence-corrected chi connectivity index (χ4v) is 2.62. The van der Waals surface area contributed by atoms with E-state index in [1.165, 1.54) is 0 Å². The Balaban J connectivity index is 2.46. The van der Waals surface area contributed by atoms with Crippen LogP contribution in [0.25, 0.3) is 10.8 Å². The Kier molecular flexibility index (Phi) is 3.10. The van der Waals surface area contributed by atoms with Crippen molar-refractivity contribution in [3.05, 3.63) is 42.5 Å². The number of fused-ring (bicyclic) bond motifs is 1. The van der Waals surface area contributed by atoms with Crippen LogP contribution >= 0.6 is 0 Å². The van der Waals surface area contributed by atoms with E-state index in [1.54, 1.807) is 18.2 Å². The first kappa shape index (κ1) is 11.6. The molecule has 1 amide bonds. The average molecular weight is 249 g/mol. The van der Waals surface area contributed by atoms with Crippen molar-refractivity contribution >= 4 is 27.0 Å². The highest BCUT2D eigenvalue weighted by molar-refractivity contribution is 7.91. The minimum Gasteiger partial charge on any atom is -0.344 e. The van der Waals surface area contributed by atoms with Crippen LogP contribution in [0.1, 0.15) is 0 Å². The van der Waals surface area contributed by atoms with E-state index in [9.17, 15) is 13.2 Å². The van der Waals surface area contributed by atoms with Gasteiger partial charge in [-0.3, -0.25) is 4.79 Å². The molecule has 2 aromatic rings. The number of sulfone groups is 1. The third-order valence-corrected chi connectivity index (χ3v) is 3.96. The number of carbonyl (C=O) groups excluding carboxylic acids is 1. The van der Waals surface area contributed by atoms with Crippen LogP contribution in [-0.2, 0) is 14.6 Å². The van der Waals surface area contributed by atoms with Crippen molar-refractivity contribution in [2.75, 3.05) is 5.88 Å². The van der Waals surface area contributed by atoms with Crippen LogP contribution < -0.4 is 5.32 Å². The van der Waals surface area contributed by atoms with Gasteiger partial charge in [-0.05, 0) is 22.9 Å². The zero-order valence-electron chi connectivity index (χ0n) is 8.96. The normalized spacial score (nSPS) is 11.3. The molecule has 0 radical (unpaired) electrons. The average Bonchev–Trinajstić information content (AvgIpc) is 2.36. The number of benzene rings is 2. The minimum atomic E-state index is -3.46. The molecule has 0 heterocycles. The van der Waals surface area contributed by atoms with Gasteiger partial charge in [-0.1, -0.05) is 30.3 Å². The predicted octanol–water partition coefficient (Wildman–Crippen LogP) is 1.32. The van der Waals surface area contributed by atoms with E-state index >= 15 is 0 Å². The van der Waals surface area contributed by atoms with Crippen LogP contribution in [0.4, 0.5) is 0 Å². The molecule has 0 unspecified atom stereocenters. The lowest BCUT2D eigenvalue weighted by molar-refractivity contribution is -0.109. The van der Waals surface area contributed by atoms with E-state index in [1.807, 2.05) is 24.3 Å². The second-order valence-electron chi connectivity index (χ2n) is 3.59. The Hall–Kier alpha value is -1.88. The number of nitrogens with one attached hydrogen (secondary N) is 1. The van der Waals surface area contributed by atoms with Crippen molar-refractivity contribution in [1.29, 1.82) is 0 Å². The molecule has 0 aliphatic heterocycles. The van der Waals surface area contributed by atoms with Gasteiger partial charge >= 0.3 is 0 Å². The second-order valence-corrected chi connectivity index (χ2v) is 5.58. The maximum Gasteiger partial charge on any atom is 0.207 e. The molecular formula is C12H11NO3S. The molecular weight excluding hydrogens is 238 g/mol. The summed E-state index contributed by atoms with van der Waals surface area (Å²) in [5.41, 5.74) is 0. The van der Waals surface area contributed by atoms with E-state index < -0.39 is 9.84 Å². The fraction of sp³-hybridized carbons (Fsp3) is 0.0833. The van der Waals surface area contributed by atoms with Gasteiger partial charge in [-0.15, -0.1) is 0 Å². The van der Waals surface area contributed by atoms with Crippen LogP contribution in [0.2, 0.25) is 0 Å². The molecule has 0 bridgehead atoms. The number of amides is 1. The highest BCUT2D eigenvalue weighted by Crippen LogP contribution is 2.19. The number of rotatable bonds is 4. The first-order chi connectivity index (χ1) is 8.13. The van der Waals surface area contributed by atoms with Crippen molar-refractivity contribution in [3.8, 4) is 0 Å². The van der Waals surface area contributed by atoms with E-state index in [4.69, 9.17) is 0 Å². The molecule has 0 saturated carbocycles. The first-order valence-electron chi connectivity index (χ1n) is 5.02. The van der Waals surface area contributed by atoms with Gasteiger partial charge in [0.1, 0.15) is 5.88 Å². The van der Waals surface area contributed by atoms with Gasteiger partial charge in [0.15, 0.2) is 9.84 Å². The van der Waals surface area contributed by atoms with E-state index in [0.717, 1.165) is 10.8 Å². The molecule has 0 fully saturated rings. The van der Waals surface area contributed by atoms with Crippen molar-refractivity contribution in [2.24, 2.45) is 0 Å². The van der Waals surface area contributed by atoms with E-state index in [-0.39, 0.29) is 10.8 Å². The monoisotopic (exact) mass is 249 g/mol. The summed E-state index contributed by atoms with van der Waals surface area (Å²) in [5, 5.41) is 4.01. The van der Waals surface area contributed by atoms with Gasteiger partial charge in [0.2, 0.25) is 6.41 Å². The lowest BCUT2D eigenvalue weighted by atomic mass is 10.1. The third kappa shape index (κ3) is 2.45. The van der Waals surface area contributed by atoms with Crippen LogP contribution in [0, 0.1) is 0 Å². The Morgan fingerprint density at radius 3 is 2.47 bits per heavy atom. The fourth-order valence-electron chi connectivity index (χ4n) is 1.59. The SMILES string of the molecule is O=CNCS(=O)(=O)c1ccc2ccccc2c1. The maximum absolute atomic E-state index is 11.8. The number of hydrogen-bond acceptors (Lipinski definition) is 3. The van der Waals surface area contributed by atoms with Crippen LogP contribution in [0.3, 0.4) is 0 Å². The molecule has 1 N–H and O–H groups in total. The molecule has 4 nitrogen and oxygen atoms in total. The van der Waals surface area contributed by atoms with Crippen LogP contribution in [-0.4, -0.2) is 20.7 Å². The highest BCUT2D eigenvalue weighted by atomic mass is 32.2. The summed E-state index contributed by atoms with van der Waals surface area (Å²) in [4.78, 5) is 10.3. The molecule has 5 heteroatoms. The molecule has 88 valence electrons. The van der Waals surface area contributed by atoms with Gasteiger partial charge in [0.05, 0.1) is 4.90 Å². The topological polar surface area (TPSA) is 63.2 Å². The minimum absolute atomic E-state index is 0.213.